The SMILES string of the molecule is CC(C)C1CC(C(C)C2(Br)CCCCC2)OC1=O. The molecule has 1 heterocycles. The normalized spacial score (nSPS) is 33.5. The van der Waals surface area contributed by atoms with Gasteiger partial charge in [0.05, 0.1) is 5.92 Å². The van der Waals surface area contributed by atoms with Crippen LogP contribution in [0.1, 0.15) is 59.3 Å². The van der Waals surface area contributed by atoms with Crippen LogP contribution in [-0.4, -0.2) is 16.4 Å². The van der Waals surface area contributed by atoms with Crippen molar-refractivity contribution in [3.63, 3.8) is 0 Å². The molecule has 0 aromatic rings. The highest BCUT2D eigenvalue weighted by atomic mass is 79.9. The van der Waals surface area contributed by atoms with E-state index in [-0.39, 0.29) is 22.3 Å². The minimum atomic E-state index is 0.0220. The highest BCUT2D eigenvalue weighted by molar-refractivity contribution is 9.10. The zero-order valence-corrected chi connectivity index (χ0v) is 13.3. The molecule has 3 atom stereocenters. The summed E-state index contributed by atoms with van der Waals surface area (Å²) in [6, 6.07) is 0. The monoisotopic (exact) mass is 316 g/mol. The molecular formula is C15H25BrO2. The van der Waals surface area contributed by atoms with Crippen molar-refractivity contribution >= 4 is 21.9 Å². The Morgan fingerprint density at radius 1 is 1.22 bits per heavy atom. The smallest absolute Gasteiger partial charge is 0.309 e. The van der Waals surface area contributed by atoms with Gasteiger partial charge in [-0.3, -0.25) is 4.79 Å². The average molecular weight is 317 g/mol. The number of rotatable bonds is 3. The van der Waals surface area contributed by atoms with Gasteiger partial charge in [-0.25, -0.2) is 0 Å². The molecule has 1 aliphatic heterocycles. The van der Waals surface area contributed by atoms with E-state index in [1.807, 2.05) is 0 Å². The number of hydrogen-bond acceptors (Lipinski definition) is 2. The van der Waals surface area contributed by atoms with E-state index in [0.717, 1.165) is 6.42 Å². The predicted molar refractivity (Wildman–Crippen MR) is 76.7 cm³/mol. The molecule has 3 heteroatoms. The van der Waals surface area contributed by atoms with Gasteiger partial charge in [-0.2, -0.15) is 0 Å². The lowest BCUT2D eigenvalue weighted by molar-refractivity contribution is -0.147. The Labute approximate surface area is 119 Å². The van der Waals surface area contributed by atoms with E-state index in [0.29, 0.717) is 11.8 Å². The third-order valence-electron chi connectivity index (χ3n) is 4.92. The molecule has 0 bridgehead atoms. The summed E-state index contributed by atoms with van der Waals surface area (Å²) in [7, 11) is 0. The van der Waals surface area contributed by atoms with Crippen LogP contribution in [0, 0.1) is 17.8 Å². The lowest BCUT2D eigenvalue weighted by Gasteiger charge is -2.39. The van der Waals surface area contributed by atoms with Crippen molar-refractivity contribution in [1.29, 1.82) is 0 Å². The van der Waals surface area contributed by atoms with Crippen molar-refractivity contribution in [1.82, 2.24) is 0 Å². The molecule has 1 aliphatic carbocycles. The van der Waals surface area contributed by atoms with Crippen LogP contribution in [0.4, 0.5) is 0 Å². The van der Waals surface area contributed by atoms with Crippen LogP contribution in [0.2, 0.25) is 0 Å². The van der Waals surface area contributed by atoms with Crippen LogP contribution < -0.4 is 0 Å². The highest BCUT2D eigenvalue weighted by Crippen LogP contribution is 2.46. The minimum absolute atomic E-state index is 0.0220. The molecule has 1 saturated heterocycles. The lowest BCUT2D eigenvalue weighted by atomic mass is 9.76. The number of hydrogen-bond donors (Lipinski definition) is 0. The minimum Gasteiger partial charge on any atom is -0.462 e. The summed E-state index contributed by atoms with van der Waals surface area (Å²) in [5, 5.41) is 0. The third kappa shape index (κ3) is 2.76. The quantitative estimate of drug-likeness (QED) is 0.573. The standard InChI is InChI=1S/C15H25BrO2/c1-10(2)12-9-13(18-14(12)17)11(3)15(16)7-5-4-6-8-15/h10-13H,4-9H2,1-3H3. The fourth-order valence-electron chi connectivity index (χ4n) is 3.41. The average Bonchev–Trinajstić information content (AvgIpc) is 2.71. The van der Waals surface area contributed by atoms with Crippen LogP contribution in [0.15, 0.2) is 0 Å². The zero-order chi connectivity index (χ0) is 13.3. The van der Waals surface area contributed by atoms with E-state index in [9.17, 15) is 4.79 Å². The van der Waals surface area contributed by atoms with Crippen molar-refractivity contribution < 1.29 is 9.53 Å². The van der Waals surface area contributed by atoms with E-state index >= 15 is 0 Å². The van der Waals surface area contributed by atoms with Gasteiger partial charge in [0.15, 0.2) is 0 Å². The van der Waals surface area contributed by atoms with E-state index < -0.39 is 0 Å². The highest BCUT2D eigenvalue weighted by Gasteiger charge is 2.46. The fourth-order valence-corrected chi connectivity index (χ4v) is 4.27. The Morgan fingerprint density at radius 2 is 1.83 bits per heavy atom. The molecule has 104 valence electrons. The maximum Gasteiger partial charge on any atom is 0.309 e. The van der Waals surface area contributed by atoms with Gasteiger partial charge in [0.25, 0.3) is 0 Å². The van der Waals surface area contributed by atoms with Gasteiger partial charge >= 0.3 is 5.97 Å². The first kappa shape index (κ1) is 14.4. The Morgan fingerprint density at radius 3 is 2.33 bits per heavy atom. The molecule has 2 nitrogen and oxygen atoms in total. The van der Waals surface area contributed by atoms with Gasteiger partial charge in [-0.1, -0.05) is 56.0 Å². The second-order valence-corrected chi connectivity index (χ2v) is 8.02. The molecule has 0 N–H and O–H groups in total. The molecule has 0 aromatic carbocycles. The van der Waals surface area contributed by atoms with Crippen molar-refractivity contribution in [2.45, 2.75) is 69.7 Å². The molecule has 0 amide bonds. The molecule has 3 unspecified atom stereocenters. The van der Waals surface area contributed by atoms with E-state index in [2.05, 4.69) is 36.7 Å². The maximum absolute atomic E-state index is 11.9. The van der Waals surface area contributed by atoms with Gasteiger partial charge in [-0.05, 0) is 25.2 Å². The van der Waals surface area contributed by atoms with E-state index in [4.69, 9.17) is 4.74 Å². The summed E-state index contributed by atoms with van der Waals surface area (Å²) in [5.41, 5.74) is 0. The topological polar surface area (TPSA) is 26.3 Å². The Bertz CT molecular complexity index is 308. The number of halogens is 1. The first-order valence-electron chi connectivity index (χ1n) is 7.33. The molecule has 0 radical (unpaired) electrons. The van der Waals surface area contributed by atoms with Crippen LogP contribution in [0.25, 0.3) is 0 Å². The summed E-state index contributed by atoms with van der Waals surface area (Å²) in [4.78, 5) is 11.9. The van der Waals surface area contributed by atoms with Crippen molar-refractivity contribution in [3.05, 3.63) is 0 Å². The molecule has 2 rings (SSSR count). The van der Waals surface area contributed by atoms with Gasteiger partial charge in [0, 0.05) is 10.2 Å². The number of carbonyl (C=O) groups is 1. The summed E-state index contributed by atoms with van der Waals surface area (Å²) in [5.74, 6) is 0.948. The van der Waals surface area contributed by atoms with Crippen LogP contribution in [-0.2, 0) is 9.53 Å². The molecule has 1 saturated carbocycles. The number of ether oxygens (including phenoxy) is 1. The van der Waals surface area contributed by atoms with Gasteiger partial charge in [0.2, 0.25) is 0 Å². The number of carbonyl (C=O) groups excluding carboxylic acids is 1. The van der Waals surface area contributed by atoms with Crippen LogP contribution in [0.5, 0.6) is 0 Å². The maximum atomic E-state index is 11.9. The summed E-state index contributed by atoms with van der Waals surface area (Å²) in [6.45, 7) is 6.48. The first-order valence-corrected chi connectivity index (χ1v) is 8.13. The molecular weight excluding hydrogens is 292 g/mol. The van der Waals surface area contributed by atoms with Gasteiger partial charge in [0.1, 0.15) is 6.10 Å². The third-order valence-corrected chi connectivity index (χ3v) is 6.43. The van der Waals surface area contributed by atoms with E-state index in [1.54, 1.807) is 0 Å². The van der Waals surface area contributed by atoms with Gasteiger partial charge in [-0.15, -0.1) is 0 Å². The molecule has 2 aliphatic rings. The fraction of sp³-hybridized carbons (Fsp3) is 0.933. The number of alkyl halides is 1. The molecule has 2 fully saturated rings. The van der Waals surface area contributed by atoms with Crippen LogP contribution in [0.3, 0.4) is 0 Å². The molecule has 0 aromatic heterocycles. The Kier molecular flexibility index (Phi) is 4.40. The number of cyclic esters (lactones) is 1. The number of esters is 1. The van der Waals surface area contributed by atoms with E-state index in [1.165, 1.54) is 32.1 Å². The molecule has 18 heavy (non-hydrogen) atoms. The van der Waals surface area contributed by atoms with Crippen molar-refractivity contribution in [3.8, 4) is 0 Å². The second kappa shape index (κ2) is 5.52. The van der Waals surface area contributed by atoms with Crippen molar-refractivity contribution in [2.75, 3.05) is 0 Å². The first-order chi connectivity index (χ1) is 8.44. The zero-order valence-electron chi connectivity index (χ0n) is 11.7. The lowest BCUT2D eigenvalue weighted by Crippen LogP contribution is -2.39. The summed E-state index contributed by atoms with van der Waals surface area (Å²) < 4.78 is 5.84. The Hall–Kier alpha value is -0.0500. The predicted octanol–water partition coefficient (Wildman–Crippen LogP) is 4.31. The largest absolute Gasteiger partial charge is 0.462 e. The van der Waals surface area contributed by atoms with Crippen LogP contribution >= 0.6 is 15.9 Å². The summed E-state index contributed by atoms with van der Waals surface area (Å²) in [6.07, 6.45) is 7.39. The second-order valence-electron chi connectivity index (χ2n) is 6.45. The van der Waals surface area contributed by atoms with Crippen molar-refractivity contribution in [2.24, 2.45) is 17.8 Å². The summed E-state index contributed by atoms with van der Waals surface area (Å²) >= 11 is 3.96. The van der Waals surface area contributed by atoms with Gasteiger partial charge < -0.3 is 4.74 Å². The molecule has 0 spiro atoms. The Balaban J connectivity index is 2.02.